The highest BCUT2D eigenvalue weighted by Gasteiger charge is 2.25. The second kappa shape index (κ2) is 6.10. The summed E-state index contributed by atoms with van der Waals surface area (Å²) in [4.78, 5) is 2.69. The van der Waals surface area contributed by atoms with Crippen molar-refractivity contribution in [3.05, 3.63) is 0 Å². The quantitative estimate of drug-likeness (QED) is 0.651. The molecule has 2 saturated carbocycles. The highest BCUT2D eigenvalue weighted by Crippen LogP contribution is 2.29. The molecule has 0 bridgehead atoms. The molecule has 0 aromatic heterocycles. The van der Waals surface area contributed by atoms with Crippen LogP contribution in [-0.4, -0.2) is 29.9 Å². The van der Waals surface area contributed by atoms with E-state index >= 15 is 0 Å². The van der Waals surface area contributed by atoms with Crippen LogP contribution in [0.3, 0.4) is 0 Å². The highest BCUT2D eigenvalue weighted by molar-refractivity contribution is 6.18. The van der Waals surface area contributed by atoms with Crippen molar-refractivity contribution < 1.29 is 0 Å². The van der Waals surface area contributed by atoms with Crippen molar-refractivity contribution in [3.8, 4) is 0 Å². The summed E-state index contributed by atoms with van der Waals surface area (Å²) in [7, 11) is 0. The minimum Gasteiger partial charge on any atom is -0.299 e. The van der Waals surface area contributed by atoms with E-state index in [0.717, 1.165) is 24.4 Å². The lowest BCUT2D eigenvalue weighted by Crippen LogP contribution is -2.38. The van der Waals surface area contributed by atoms with Crippen LogP contribution < -0.4 is 0 Å². The molecule has 2 fully saturated rings. The topological polar surface area (TPSA) is 3.24 Å². The molecule has 15 heavy (non-hydrogen) atoms. The van der Waals surface area contributed by atoms with Gasteiger partial charge in [-0.05, 0) is 31.6 Å². The molecular weight excluding hydrogens is 206 g/mol. The van der Waals surface area contributed by atoms with Gasteiger partial charge >= 0.3 is 0 Å². The van der Waals surface area contributed by atoms with Crippen molar-refractivity contribution in [3.63, 3.8) is 0 Å². The lowest BCUT2D eigenvalue weighted by molar-refractivity contribution is 0.179. The van der Waals surface area contributed by atoms with Crippen molar-refractivity contribution in [2.24, 2.45) is 5.92 Å². The summed E-state index contributed by atoms with van der Waals surface area (Å²) in [5, 5.41) is 0. The number of hydrogen-bond donors (Lipinski definition) is 0. The first-order chi connectivity index (χ1) is 7.40. The Bertz CT molecular complexity index is 171. The summed E-state index contributed by atoms with van der Waals surface area (Å²) in [5.41, 5.74) is 0. The third-order valence-corrected chi connectivity index (χ3v) is 4.35. The summed E-state index contributed by atoms with van der Waals surface area (Å²) in [6.07, 6.45) is 11.6. The maximum atomic E-state index is 5.92. The fraction of sp³-hybridized carbons (Fsp3) is 1.00. The lowest BCUT2D eigenvalue weighted by atomic mass is 10.1. The Labute approximate surface area is 99.2 Å². The van der Waals surface area contributed by atoms with Crippen LogP contribution in [0.2, 0.25) is 0 Å². The summed E-state index contributed by atoms with van der Waals surface area (Å²) < 4.78 is 0. The first-order valence-corrected chi connectivity index (χ1v) is 7.23. The third kappa shape index (κ3) is 3.35. The van der Waals surface area contributed by atoms with Crippen LogP contribution in [0.25, 0.3) is 0 Å². The average molecular weight is 230 g/mol. The van der Waals surface area contributed by atoms with E-state index in [-0.39, 0.29) is 0 Å². The first-order valence-electron chi connectivity index (χ1n) is 6.70. The van der Waals surface area contributed by atoms with Gasteiger partial charge in [0.25, 0.3) is 0 Å². The Kier molecular flexibility index (Phi) is 4.77. The molecule has 0 aliphatic heterocycles. The SMILES string of the molecule is ClCCN(CC1CCCC1)C1CCCC1. The molecule has 0 atom stereocenters. The van der Waals surface area contributed by atoms with E-state index < -0.39 is 0 Å². The van der Waals surface area contributed by atoms with Crippen LogP contribution in [0.5, 0.6) is 0 Å². The minimum atomic E-state index is 0.809. The molecule has 0 saturated heterocycles. The molecule has 2 heteroatoms. The van der Waals surface area contributed by atoms with Crippen LogP contribution in [0.4, 0.5) is 0 Å². The Balaban J connectivity index is 1.81. The molecule has 0 amide bonds. The number of hydrogen-bond acceptors (Lipinski definition) is 1. The summed E-state index contributed by atoms with van der Waals surface area (Å²) in [6, 6.07) is 0.865. The molecule has 0 unspecified atom stereocenters. The van der Waals surface area contributed by atoms with Gasteiger partial charge < -0.3 is 0 Å². The predicted octanol–water partition coefficient (Wildman–Crippen LogP) is 3.66. The Hall–Kier alpha value is 0.250. The van der Waals surface area contributed by atoms with Gasteiger partial charge in [0.2, 0.25) is 0 Å². The third-order valence-electron chi connectivity index (χ3n) is 4.18. The molecule has 0 aromatic rings. The van der Waals surface area contributed by atoms with Gasteiger partial charge in [0.05, 0.1) is 0 Å². The van der Waals surface area contributed by atoms with Crippen LogP contribution in [0, 0.1) is 5.92 Å². The van der Waals surface area contributed by atoms with Gasteiger partial charge in [-0.1, -0.05) is 25.7 Å². The Morgan fingerprint density at radius 2 is 1.53 bits per heavy atom. The molecule has 0 radical (unpaired) electrons. The van der Waals surface area contributed by atoms with E-state index in [9.17, 15) is 0 Å². The normalized spacial score (nSPS) is 24.4. The van der Waals surface area contributed by atoms with E-state index in [0.29, 0.717) is 0 Å². The largest absolute Gasteiger partial charge is 0.299 e. The van der Waals surface area contributed by atoms with Crippen molar-refractivity contribution >= 4 is 11.6 Å². The predicted molar refractivity (Wildman–Crippen MR) is 66.5 cm³/mol. The molecule has 0 aromatic carbocycles. The highest BCUT2D eigenvalue weighted by atomic mass is 35.5. The number of rotatable bonds is 5. The van der Waals surface area contributed by atoms with Gasteiger partial charge in [-0.25, -0.2) is 0 Å². The van der Waals surface area contributed by atoms with Gasteiger partial charge in [0.1, 0.15) is 0 Å². The van der Waals surface area contributed by atoms with Crippen LogP contribution >= 0.6 is 11.6 Å². The summed E-state index contributed by atoms with van der Waals surface area (Å²) in [6.45, 7) is 2.44. The van der Waals surface area contributed by atoms with E-state index in [1.54, 1.807) is 0 Å². The van der Waals surface area contributed by atoms with Gasteiger partial charge in [-0.3, -0.25) is 4.90 Å². The van der Waals surface area contributed by atoms with Crippen molar-refractivity contribution in [2.45, 2.75) is 57.4 Å². The lowest BCUT2D eigenvalue weighted by Gasteiger charge is -2.30. The molecule has 0 spiro atoms. The maximum absolute atomic E-state index is 5.92. The molecule has 1 nitrogen and oxygen atoms in total. The minimum absolute atomic E-state index is 0.809. The smallest absolute Gasteiger partial charge is 0.0351 e. The van der Waals surface area contributed by atoms with Crippen LogP contribution in [0.1, 0.15) is 51.4 Å². The van der Waals surface area contributed by atoms with Gasteiger partial charge in [0, 0.05) is 25.0 Å². The van der Waals surface area contributed by atoms with Crippen molar-refractivity contribution in [2.75, 3.05) is 19.0 Å². The zero-order valence-electron chi connectivity index (χ0n) is 9.76. The second-order valence-corrected chi connectivity index (χ2v) is 5.65. The van der Waals surface area contributed by atoms with Gasteiger partial charge in [0.15, 0.2) is 0 Å². The molecule has 88 valence electrons. The number of alkyl halides is 1. The summed E-state index contributed by atoms with van der Waals surface area (Å²) in [5.74, 6) is 1.79. The number of halogens is 1. The average Bonchev–Trinajstić information content (AvgIpc) is 2.89. The molecule has 0 N–H and O–H groups in total. The van der Waals surface area contributed by atoms with Crippen LogP contribution in [0.15, 0.2) is 0 Å². The van der Waals surface area contributed by atoms with E-state index in [2.05, 4.69) is 4.90 Å². The van der Waals surface area contributed by atoms with Gasteiger partial charge in [-0.15, -0.1) is 11.6 Å². The van der Waals surface area contributed by atoms with E-state index in [1.165, 1.54) is 57.9 Å². The number of nitrogens with zero attached hydrogens (tertiary/aromatic N) is 1. The Morgan fingerprint density at radius 3 is 2.13 bits per heavy atom. The molecule has 2 aliphatic carbocycles. The first kappa shape index (κ1) is 11.7. The standard InChI is InChI=1S/C13H24ClN/c14-9-10-15(13-7-3-4-8-13)11-12-5-1-2-6-12/h12-13H,1-11H2. The second-order valence-electron chi connectivity index (χ2n) is 5.27. The van der Waals surface area contributed by atoms with Crippen molar-refractivity contribution in [1.82, 2.24) is 4.90 Å². The molecule has 2 rings (SSSR count). The fourth-order valence-corrected chi connectivity index (χ4v) is 3.54. The molecule has 2 aliphatic rings. The summed E-state index contributed by atoms with van der Waals surface area (Å²) >= 11 is 5.92. The van der Waals surface area contributed by atoms with Crippen LogP contribution in [-0.2, 0) is 0 Å². The van der Waals surface area contributed by atoms with E-state index in [1.807, 2.05) is 0 Å². The monoisotopic (exact) mass is 229 g/mol. The molecule has 0 heterocycles. The van der Waals surface area contributed by atoms with Crippen molar-refractivity contribution in [1.29, 1.82) is 0 Å². The maximum Gasteiger partial charge on any atom is 0.0351 e. The Morgan fingerprint density at radius 1 is 0.933 bits per heavy atom. The zero-order chi connectivity index (χ0) is 10.5. The zero-order valence-corrected chi connectivity index (χ0v) is 10.5. The van der Waals surface area contributed by atoms with Gasteiger partial charge in [-0.2, -0.15) is 0 Å². The van der Waals surface area contributed by atoms with E-state index in [4.69, 9.17) is 11.6 Å². The molecular formula is C13H24ClN. The fourth-order valence-electron chi connectivity index (χ4n) is 3.33.